The van der Waals surface area contributed by atoms with E-state index in [0.29, 0.717) is 35.0 Å². The van der Waals surface area contributed by atoms with Gasteiger partial charge in [0, 0.05) is 17.3 Å². The van der Waals surface area contributed by atoms with Crippen LogP contribution in [0.5, 0.6) is 5.75 Å². The Kier molecular flexibility index (Phi) is 6.52. The Hall–Kier alpha value is -3.53. The van der Waals surface area contributed by atoms with Crippen molar-refractivity contribution in [2.45, 2.75) is 39.2 Å². The molecule has 2 aromatic heterocycles. The molecule has 0 amide bonds. The Morgan fingerprint density at radius 3 is 2.41 bits per heavy atom. The van der Waals surface area contributed by atoms with Crippen molar-refractivity contribution >= 4 is 34.4 Å². The van der Waals surface area contributed by atoms with Crippen molar-refractivity contribution in [1.29, 1.82) is 0 Å². The highest BCUT2D eigenvalue weighted by Crippen LogP contribution is 2.27. The molecule has 0 aliphatic rings. The van der Waals surface area contributed by atoms with E-state index >= 15 is 0 Å². The number of anilines is 2. The molecule has 2 heterocycles. The molecule has 0 fully saturated rings. The van der Waals surface area contributed by atoms with Crippen LogP contribution in [0.1, 0.15) is 19.4 Å². The van der Waals surface area contributed by atoms with Gasteiger partial charge in [0.15, 0.2) is 17.3 Å². The summed E-state index contributed by atoms with van der Waals surface area (Å²) in [5.41, 5.74) is 1.82. The lowest BCUT2D eigenvalue weighted by molar-refractivity contribution is -0.189. The largest absolute Gasteiger partial charge is 0.481 e. The molecule has 0 saturated heterocycles. The molecule has 178 valence electrons. The molecule has 0 radical (unpaired) electrons. The van der Waals surface area contributed by atoms with Crippen molar-refractivity contribution in [3.05, 3.63) is 75.8 Å². The van der Waals surface area contributed by atoms with Crippen LogP contribution in [0.15, 0.2) is 59.7 Å². The van der Waals surface area contributed by atoms with Crippen LogP contribution >= 0.6 is 11.6 Å². The first-order valence-corrected chi connectivity index (χ1v) is 10.8. The van der Waals surface area contributed by atoms with E-state index in [4.69, 9.17) is 16.3 Å². The van der Waals surface area contributed by atoms with Crippen molar-refractivity contribution in [3.8, 4) is 5.75 Å². The van der Waals surface area contributed by atoms with E-state index in [1.54, 1.807) is 39.7 Å². The summed E-state index contributed by atoms with van der Waals surface area (Å²) in [7, 11) is 0. The van der Waals surface area contributed by atoms with Crippen molar-refractivity contribution in [2.75, 3.05) is 5.32 Å². The van der Waals surface area contributed by atoms with Crippen LogP contribution in [0.25, 0.3) is 11.2 Å². The van der Waals surface area contributed by atoms with Gasteiger partial charge < -0.3 is 14.6 Å². The Labute approximate surface area is 197 Å². The number of nitrogens with zero attached hydrogens (tertiary/aromatic N) is 4. The molecule has 0 aliphatic heterocycles. The molecule has 11 heteroatoms. The van der Waals surface area contributed by atoms with E-state index in [1.807, 2.05) is 19.1 Å². The number of rotatable bonds is 7. The fraction of sp³-hybridized carbons (Fsp3) is 0.261. The van der Waals surface area contributed by atoms with Gasteiger partial charge in [-0.25, -0.2) is 4.98 Å². The summed E-state index contributed by atoms with van der Waals surface area (Å²) in [6.07, 6.45) is -4.81. The lowest BCUT2D eigenvalue weighted by atomic mass is 10.2. The summed E-state index contributed by atoms with van der Waals surface area (Å²) >= 11 is 6.00. The first-order chi connectivity index (χ1) is 16.2. The third-order valence-electron chi connectivity index (χ3n) is 5.22. The van der Waals surface area contributed by atoms with Crippen LogP contribution in [0.3, 0.4) is 0 Å². The summed E-state index contributed by atoms with van der Waals surface area (Å²) in [5, 5.41) is 3.67. The Morgan fingerprint density at radius 1 is 1.12 bits per heavy atom. The first-order valence-electron chi connectivity index (χ1n) is 10.5. The second-order valence-electron chi connectivity index (χ2n) is 7.61. The molecule has 0 unspecified atom stereocenters. The van der Waals surface area contributed by atoms with E-state index in [1.165, 1.54) is 12.1 Å². The molecule has 7 nitrogen and oxygen atoms in total. The minimum Gasteiger partial charge on any atom is -0.481 e. The number of fused-ring (bicyclic) bond motifs is 1. The van der Waals surface area contributed by atoms with Crippen LogP contribution in [-0.2, 0) is 13.1 Å². The third kappa shape index (κ3) is 5.01. The molecule has 0 bridgehead atoms. The lowest BCUT2D eigenvalue weighted by Gasteiger charge is -2.18. The van der Waals surface area contributed by atoms with Crippen LogP contribution in [0, 0.1) is 0 Å². The number of nitrogens with one attached hydrogen (secondary N) is 1. The van der Waals surface area contributed by atoms with Crippen LogP contribution < -0.4 is 15.6 Å². The van der Waals surface area contributed by atoms with E-state index < -0.39 is 17.8 Å². The fourth-order valence-electron chi connectivity index (χ4n) is 3.37. The maximum Gasteiger partial charge on any atom is 0.425 e. The maximum absolute atomic E-state index is 12.8. The van der Waals surface area contributed by atoms with Gasteiger partial charge in [0.25, 0.3) is 0 Å². The number of imidazole rings is 1. The molecule has 4 aromatic rings. The van der Waals surface area contributed by atoms with Gasteiger partial charge in [-0.3, -0.25) is 9.36 Å². The standard InChI is InChI=1S/C23H21ClF3N5O2/c1-3-31-13-28-20-19(31)21(33)30-22(32(20)12-15-4-6-16(24)7-5-15)29-17-8-10-18(11-9-17)34-14(2)23(25,26)27/h4-11,13-14H,3,12H2,1-2H3,(H,29,30,33)/t14-/m0/s1. The minimum atomic E-state index is -4.46. The summed E-state index contributed by atoms with van der Waals surface area (Å²) < 4.78 is 46.7. The number of aromatic nitrogens is 4. The van der Waals surface area contributed by atoms with E-state index in [2.05, 4.69) is 15.3 Å². The van der Waals surface area contributed by atoms with Gasteiger partial charge in [-0.05, 0) is 55.8 Å². The lowest BCUT2D eigenvalue weighted by Crippen LogP contribution is -2.31. The highest BCUT2D eigenvalue weighted by atomic mass is 35.5. The molecule has 0 saturated carbocycles. The number of aryl methyl sites for hydroxylation is 1. The smallest absolute Gasteiger partial charge is 0.425 e. The molecule has 0 aliphatic carbocycles. The zero-order valence-corrected chi connectivity index (χ0v) is 19.1. The zero-order valence-electron chi connectivity index (χ0n) is 18.3. The normalized spacial score (nSPS) is 12.6. The SMILES string of the molecule is CCn1cnc2c1c(=O)nc(Nc1ccc(O[C@@H](C)C(F)(F)F)cc1)n2Cc1ccc(Cl)cc1. The maximum atomic E-state index is 12.8. The van der Waals surface area contributed by atoms with Gasteiger partial charge in [-0.2, -0.15) is 18.2 Å². The number of benzene rings is 2. The molecule has 1 N–H and O–H groups in total. The molecule has 34 heavy (non-hydrogen) atoms. The van der Waals surface area contributed by atoms with Crippen molar-refractivity contribution in [2.24, 2.45) is 0 Å². The van der Waals surface area contributed by atoms with Crippen molar-refractivity contribution in [3.63, 3.8) is 0 Å². The summed E-state index contributed by atoms with van der Waals surface area (Å²) in [6, 6.07) is 13.2. The Morgan fingerprint density at radius 2 is 1.79 bits per heavy atom. The number of ether oxygens (including phenoxy) is 1. The molecular weight excluding hydrogens is 471 g/mol. The average molecular weight is 492 g/mol. The number of halogens is 4. The summed E-state index contributed by atoms with van der Waals surface area (Å²) in [5.74, 6) is 0.310. The Bertz CT molecular complexity index is 1350. The zero-order chi connectivity index (χ0) is 24.5. The van der Waals surface area contributed by atoms with Gasteiger partial charge in [0.05, 0.1) is 12.9 Å². The second kappa shape index (κ2) is 9.38. The quantitative estimate of drug-likeness (QED) is 0.375. The molecule has 2 aromatic carbocycles. The van der Waals surface area contributed by atoms with Crippen LogP contribution in [0.2, 0.25) is 5.02 Å². The van der Waals surface area contributed by atoms with E-state index in [9.17, 15) is 18.0 Å². The van der Waals surface area contributed by atoms with Crippen LogP contribution in [-0.4, -0.2) is 31.4 Å². The van der Waals surface area contributed by atoms with Gasteiger partial charge in [-0.15, -0.1) is 0 Å². The molecule has 0 spiro atoms. The van der Waals surface area contributed by atoms with Gasteiger partial charge in [0.1, 0.15) is 5.75 Å². The number of hydrogen-bond donors (Lipinski definition) is 1. The van der Waals surface area contributed by atoms with E-state index in [0.717, 1.165) is 12.5 Å². The first kappa shape index (κ1) is 23.6. The summed E-state index contributed by atoms with van der Waals surface area (Å²) in [6.45, 7) is 3.75. The predicted octanol–water partition coefficient (Wildman–Crippen LogP) is 5.39. The molecule has 1 atom stereocenters. The summed E-state index contributed by atoms with van der Waals surface area (Å²) in [4.78, 5) is 21.4. The molecule has 4 rings (SSSR count). The minimum absolute atomic E-state index is 0.0685. The predicted molar refractivity (Wildman–Crippen MR) is 124 cm³/mol. The van der Waals surface area contributed by atoms with Gasteiger partial charge in [0.2, 0.25) is 5.95 Å². The van der Waals surface area contributed by atoms with Crippen LogP contribution in [0.4, 0.5) is 24.8 Å². The highest BCUT2D eigenvalue weighted by Gasteiger charge is 2.38. The van der Waals surface area contributed by atoms with E-state index in [-0.39, 0.29) is 11.7 Å². The topological polar surface area (TPSA) is 74.0 Å². The second-order valence-corrected chi connectivity index (χ2v) is 8.04. The van der Waals surface area contributed by atoms with Gasteiger partial charge in [-0.1, -0.05) is 23.7 Å². The third-order valence-corrected chi connectivity index (χ3v) is 5.47. The highest BCUT2D eigenvalue weighted by molar-refractivity contribution is 6.30. The number of hydrogen-bond acceptors (Lipinski definition) is 5. The van der Waals surface area contributed by atoms with Gasteiger partial charge >= 0.3 is 11.7 Å². The monoisotopic (exact) mass is 491 g/mol. The van der Waals surface area contributed by atoms with Crippen molar-refractivity contribution in [1.82, 2.24) is 19.1 Å². The fourth-order valence-corrected chi connectivity index (χ4v) is 3.50. The molecular formula is C23H21ClF3N5O2. The Balaban J connectivity index is 1.69. The number of alkyl halides is 3. The van der Waals surface area contributed by atoms with Crippen molar-refractivity contribution < 1.29 is 17.9 Å². The average Bonchev–Trinajstić information content (AvgIpc) is 3.23.